The van der Waals surface area contributed by atoms with Crippen LogP contribution in [0.5, 0.6) is 0 Å². The molecule has 0 saturated carbocycles. The number of benzene rings is 3. The first-order valence-corrected chi connectivity index (χ1v) is 11.0. The Morgan fingerprint density at radius 2 is 1.45 bits per heavy atom. The van der Waals surface area contributed by atoms with Crippen molar-refractivity contribution in [3.8, 4) is 0 Å². The largest absolute Gasteiger partial charge is 0.324 e. The summed E-state index contributed by atoms with van der Waals surface area (Å²) in [5.41, 5.74) is 4.06. The molecule has 0 aliphatic carbocycles. The zero-order chi connectivity index (χ0) is 21.5. The molecular weight excluding hydrogens is 380 g/mol. The second-order valence-electron chi connectivity index (χ2n) is 8.02. The van der Waals surface area contributed by atoms with Crippen LogP contribution < -0.4 is 5.32 Å². The number of aromatic nitrogens is 1. The lowest BCUT2D eigenvalue weighted by molar-refractivity contribution is -0.121. The molecule has 0 radical (unpaired) electrons. The summed E-state index contributed by atoms with van der Waals surface area (Å²) in [6.07, 6.45) is 4.31. The topological polar surface area (TPSA) is 42.0 Å². The second kappa shape index (κ2) is 10.0. The molecule has 31 heavy (non-hydrogen) atoms. The Labute approximate surface area is 184 Å². The number of nitrogens with zero attached hydrogens (tertiary/aromatic N) is 1. The van der Waals surface area contributed by atoms with Gasteiger partial charge in [-0.3, -0.25) is 9.78 Å². The third kappa shape index (κ3) is 5.18. The van der Waals surface area contributed by atoms with Gasteiger partial charge in [0.15, 0.2) is 0 Å². The second-order valence-corrected chi connectivity index (χ2v) is 8.02. The Kier molecular flexibility index (Phi) is 6.73. The van der Waals surface area contributed by atoms with Gasteiger partial charge in [0.1, 0.15) is 0 Å². The predicted molar refractivity (Wildman–Crippen MR) is 128 cm³/mol. The minimum Gasteiger partial charge on any atom is -0.324 e. The fraction of sp³-hybridized carbons (Fsp3) is 0.214. The van der Waals surface area contributed by atoms with Crippen molar-refractivity contribution < 1.29 is 4.79 Å². The molecular formula is C28H28N2O. The average molecular weight is 409 g/mol. The zero-order valence-electron chi connectivity index (χ0n) is 17.9. The maximum Gasteiger partial charge on any atom is 0.228 e. The van der Waals surface area contributed by atoms with Gasteiger partial charge < -0.3 is 5.32 Å². The van der Waals surface area contributed by atoms with E-state index in [0.29, 0.717) is 0 Å². The van der Waals surface area contributed by atoms with Crippen LogP contribution in [0.1, 0.15) is 24.5 Å². The van der Waals surface area contributed by atoms with Crippen LogP contribution in [0, 0.1) is 11.8 Å². The van der Waals surface area contributed by atoms with Gasteiger partial charge in [-0.15, -0.1) is 0 Å². The summed E-state index contributed by atoms with van der Waals surface area (Å²) in [4.78, 5) is 18.1. The van der Waals surface area contributed by atoms with E-state index in [4.69, 9.17) is 0 Å². The van der Waals surface area contributed by atoms with Gasteiger partial charge in [-0.25, -0.2) is 0 Å². The van der Waals surface area contributed by atoms with E-state index in [1.54, 1.807) is 6.20 Å². The van der Waals surface area contributed by atoms with Crippen molar-refractivity contribution in [2.75, 3.05) is 5.32 Å². The summed E-state index contributed by atoms with van der Waals surface area (Å²) >= 11 is 0. The number of hydrogen-bond acceptors (Lipinski definition) is 2. The molecule has 4 rings (SSSR count). The normalized spacial score (nSPS) is 12.9. The van der Waals surface area contributed by atoms with Gasteiger partial charge in [0, 0.05) is 17.5 Å². The van der Waals surface area contributed by atoms with Gasteiger partial charge in [0.05, 0.1) is 11.2 Å². The Hall–Kier alpha value is -3.46. The lowest BCUT2D eigenvalue weighted by atomic mass is 9.80. The average Bonchev–Trinajstić information content (AvgIpc) is 2.83. The smallest absolute Gasteiger partial charge is 0.228 e. The van der Waals surface area contributed by atoms with Gasteiger partial charge in [-0.2, -0.15) is 0 Å². The lowest BCUT2D eigenvalue weighted by Gasteiger charge is -2.26. The molecule has 3 aromatic carbocycles. The summed E-state index contributed by atoms with van der Waals surface area (Å²) in [5, 5.41) is 4.23. The number of rotatable bonds is 8. The van der Waals surface area contributed by atoms with Gasteiger partial charge in [-0.05, 0) is 42.0 Å². The first-order chi connectivity index (χ1) is 15.2. The molecule has 0 fully saturated rings. The summed E-state index contributed by atoms with van der Waals surface area (Å²) in [5.74, 6) is 0.168. The van der Waals surface area contributed by atoms with E-state index < -0.39 is 0 Å². The third-order valence-electron chi connectivity index (χ3n) is 5.96. The predicted octanol–water partition coefficient (Wildman–Crippen LogP) is 6.30. The SMILES string of the molecule is CC[C@H](Cc1ccccc1)[C@@H](Cc1ccccc1)C(=O)Nc1cccc2cccnc12. The highest BCUT2D eigenvalue weighted by molar-refractivity contribution is 6.01. The summed E-state index contributed by atoms with van der Waals surface area (Å²) < 4.78 is 0. The van der Waals surface area contributed by atoms with Gasteiger partial charge >= 0.3 is 0 Å². The molecule has 3 heteroatoms. The number of carbonyl (C=O) groups is 1. The monoisotopic (exact) mass is 408 g/mol. The summed E-state index contributed by atoms with van der Waals surface area (Å²) in [7, 11) is 0. The standard InChI is InChI=1S/C28H28N2O/c1-2-23(19-21-11-5-3-6-12-21)25(20-22-13-7-4-8-14-22)28(31)30-26-17-9-15-24-16-10-18-29-27(24)26/h3-18,23,25H,2,19-20H2,1H3,(H,30,31)/t23-,25-/m1/s1. The molecule has 2 atom stereocenters. The lowest BCUT2D eigenvalue weighted by Crippen LogP contribution is -2.32. The molecule has 1 amide bonds. The highest BCUT2D eigenvalue weighted by Gasteiger charge is 2.28. The molecule has 1 heterocycles. The fourth-order valence-electron chi connectivity index (χ4n) is 4.26. The van der Waals surface area contributed by atoms with Crippen LogP contribution in [-0.4, -0.2) is 10.9 Å². The number of amides is 1. The maximum absolute atomic E-state index is 13.6. The number of hydrogen-bond donors (Lipinski definition) is 1. The third-order valence-corrected chi connectivity index (χ3v) is 5.96. The Balaban J connectivity index is 1.63. The minimum atomic E-state index is -0.133. The van der Waals surface area contributed by atoms with E-state index in [2.05, 4.69) is 53.6 Å². The van der Waals surface area contributed by atoms with Crippen molar-refractivity contribution in [2.24, 2.45) is 11.8 Å². The number of para-hydroxylation sites is 1. The first-order valence-electron chi connectivity index (χ1n) is 11.0. The highest BCUT2D eigenvalue weighted by atomic mass is 16.1. The van der Waals surface area contributed by atoms with Gasteiger partial charge in [0.25, 0.3) is 0 Å². The number of anilines is 1. The van der Waals surface area contributed by atoms with Gasteiger partial charge in [0.2, 0.25) is 5.91 Å². The van der Waals surface area contributed by atoms with Crippen molar-refractivity contribution in [2.45, 2.75) is 26.2 Å². The van der Waals surface area contributed by atoms with Crippen LogP contribution in [0.2, 0.25) is 0 Å². The van der Waals surface area contributed by atoms with Crippen LogP contribution in [0.15, 0.2) is 97.2 Å². The van der Waals surface area contributed by atoms with Crippen molar-refractivity contribution in [3.05, 3.63) is 108 Å². The van der Waals surface area contributed by atoms with Crippen molar-refractivity contribution >= 4 is 22.5 Å². The molecule has 0 saturated heterocycles. The molecule has 1 aromatic heterocycles. The van der Waals surface area contributed by atoms with Crippen LogP contribution in [-0.2, 0) is 17.6 Å². The van der Waals surface area contributed by atoms with Crippen LogP contribution in [0.4, 0.5) is 5.69 Å². The van der Waals surface area contributed by atoms with Gasteiger partial charge in [-0.1, -0.05) is 92.2 Å². The Morgan fingerprint density at radius 3 is 2.13 bits per heavy atom. The van der Waals surface area contributed by atoms with Crippen molar-refractivity contribution in [1.82, 2.24) is 4.98 Å². The van der Waals surface area contributed by atoms with Crippen LogP contribution in [0.3, 0.4) is 0 Å². The Morgan fingerprint density at radius 1 is 0.806 bits per heavy atom. The molecule has 0 aliphatic heterocycles. The van der Waals surface area contributed by atoms with Crippen molar-refractivity contribution in [3.63, 3.8) is 0 Å². The van der Waals surface area contributed by atoms with E-state index in [1.807, 2.05) is 54.6 Å². The fourth-order valence-corrected chi connectivity index (χ4v) is 4.26. The quantitative estimate of drug-likeness (QED) is 0.372. The van der Waals surface area contributed by atoms with E-state index in [9.17, 15) is 4.79 Å². The first kappa shape index (κ1) is 20.8. The molecule has 0 unspecified atom stereocenters. The van der Waals surface area contributed by atoms with Crippen LogP contribution >= 0.6 is 0 Å². The van der Waals surface area contributed by atoms with E-state index in [-0.39, 0.29) is 17.7 Å². The van der Waals surface area contributed by atoms with E-state index in [1.165, 1.54) is 11.1 Å². The number of pyridine rings is 1. The minimum absolute atomic E-state index is 0.0600. The zero-order valence-corrected chi connectivity index (χ0v) is 17.9. The molecule has 0 aliphatic rings. The molecule has 0 bridgehead atoms. The number of carbonyl (C=O) groups excluding carboxylic acids is 1. The molecule has 0 spiro atoms. The van der Waals surface area contributed by atoms with E-state index in [0.717, 1.165) is 35.9 Å². The number of nitrogens with one attached hydrogen (secondary N) is 1. The number of fused-ring (bicyclic) bond motifs is 1. The maximum atomic E-state index is 13.6. The van der Waals surface area contributed by atoms with Crippen molar-refractivity contribution in [1.29, 1.82) is 0 Å². The molecule has 3 nitrogen and oxygen atoms in total. The summed E-state index contributed by atoms with van der Waals surface area (Å²) in [6, 6.07) is 30.6. The summed E-state index contributed by atoms with van der Waals surface area (Å²) in [6.45, 7) is 2.18. The molecule has 156 valence electrons. The van der Waals surface area contributed by atoms with Crippen LogP contribution in [0.25, 0.3) is 10.9 Å². The molecule has 4 aromatic rings. The van der Waals surface area contributed by atoms with E-state index >= 15 is 0 Å². The Bertz CT molecular complexity index is 1120. The highest BCUT2D eigenvalue weighted by Crippen LogP contribution is 2.28. The molecule has 1 N–H and O–H groups in total.